The summed E-state index contributed by atoms with van der Waals surface area (Å²) < 4.78 is 3.44. The first kappa shape index (κ1) is 12.0. The summed E-state index contributed by atoms with van der Waals surface area (Å²) in [6.45, 7) is 8.69. The Morgan fingerprint density at radius 3 is 2.18 bits per heavy atom. The van der Waals surface area contributed by atoms with Gasteiger partial charge in [-0.3, -0.25) is 9.13 Å². The fraction of sp³-hybridized carbons (Fsp3) is 0.500. The number of rotatable bonds is 0. The molecule has 0 amide bonds. The van der Waals surface area contributed by atoms with E-state index in [1.807, 2.05) is 20.2 Å². The molecule has 0 bridgehead atoms. The maximum atomic E-state index is 11.9. The van der Waals surface area contributed by atoms with Gasteiger partial charge in [-0.2, -0.15) is 0 Å². The van der Waals surface area contributed by atoms with Crippen LogP contribution in [0.4, 0.5) is 0 Å². The van der Waals surface area contributed by atoms with Crippen LogP contribution in [-0.4, -0.2) is 9.13 Å². The number of imidazole rings is 1. The smallest absolute Gasteiger partial charge is 0.295 e. The Hall–Kier alpha value is -1.51. The molecule has 3 nitrogen and oxygen atoms in total. The van der Waals surface area contributed by atoms with Gasteiger partial charge < -0.3 is 0 Å². The number of fused-ring (bicyclic) bond motifs is 1. The fourth-order valence-corrected chi connectivity index (χ4v) is 2.62. The Bertz CT molecular complexity index is 639. The van der Waals surface area contributed by atoms with Crippen LogP contribution in [-0.2, 0) is 19.5 Å². The number of aryl methyl sites for hydroxylation is 3. The maximum Gasteiger partial charge on any atom is 0.328 e. The Balaban J connectivity index is 2.95. The number of hydrogen-bond acceptors (Lipinski definition) is 1. The van der Waals surface area contributed by atoms with Crippen LogP contribution >= 0.6 is 0 Å². The van der Waals surface area contributed by atoms with Crippen molar-refractivity contribution in [3.8, 4) is 0 Å². The molecule has 0 aliphatic rings. The normalized spacial score (nSPS) is 12.4. The summed E-state index contributed by atoms with van der Waals surface area (Å²) in [5, 5.41) is 0. The van der Waals surface area contributed by atoms with E-state index in [9.17, 15) is 4.79 Å². The Morgan fingerprint density at radius 1 is 1.06 bits per heavy atom. The summed E-state index contributed by atoms with van der Waals surface area (Å²) in [5.74, 6) is 0. The van der Waals surface area contributed by atoms with Crippen LogP contribution in [0.2, 0.25) is 0 Å². The van der Waals surface area contributed by atoms with E-state index in [1.54, 1.807) is 9.13 Å². The molecule has 0 saturated carbocycles. The highest BCUT2D eigenvalue weighted by molar-refractivity contribution is 5.81. The summed E-state index contributed by atoms with van der Waals surface area (Å²) in [4.78, 5) is 11.9. The van der Waals surface area contributed by atoms with Crippen molar-refractivity contribution in [2.45, 2.75) is 33.1 Å². The van der Waals surface area contributed by atoms with Gasteiger partial charge in [-0.25, -0.2) is 4.79 Å². The SMILES string of the molecule is Cc1c(C(C)(C)C)ccc2c1n(C)c(=O)n2C. The van der Waals surface area contributed by atoms with Gasteiger partial charge in [-0.15, -0.1) is 0 Å². The molecule has 1 heterocycles. The average molecular weight is 232 g/mol. The largest absolute Gasteiger partial charge is 0.328 e. The Kier molecular flexibility index (Phi) is 2.45. The molecule has 0 atom stereocenters. The van der Waals surface area contributed by atoms with Crippen LogP contribution in [0.3, 0.4) is 0 Å². The first-order valence-electron chi connectivity index (χ1n) is 5.90. The van der Waals surface area contributed by atoms with Crippen molar-refractivity contribution >= 4 is 11.0 Å². The lowest BCUT2D eigenvalue weighted by Gasteiger charge is -2.22. The highest BCUT2D eigenvalue weighted by atomic mass is 16.1. The van der Waals surface area contributed by atoms with E-state index < -0.39 is 0 Å². The molecule has 1 aromatic heterocycles. The fourth-order valence-electron chi connectivity index (χ4n) is 2.62. The Labute approximate surface area is 102 Å². The zero-order valence-electron chi connectivity index (χ0n) is 11.5. The van der Waals surface area contributed by atoms with Crippen molar-refractivity contribution in [2.75, 3.05) is 0 Å². The number of benzene rings is 1. The van der Waals surface area contributed by atoms with Crippen molar-refractivity contribution in [2.24, 2.45) is 14.1 Å². The lowest BCUT2D eigenvalue weighted by Crippen LogP contribution is -2.19. The van der Waals surface area contributed by atoms with Gasteiger partial charge in [0.15, 0.2) is 0 Å². The third kappa shape index (κ3) is 1.61. The maximum absolute atomic E-state index is 11.9. The second-order valence-corrected chi connectivity index (χ2v) is 5.76. The standard InChI is InChI=1S/C14H20N2O/c1-9-10(14(2,3)4)7-8-11-12(9)16(6)13(17)15(11)5/h7-8H,1-6H3. The van der Waals surface area contributed by atoms with Crippen molar-refractivity contribution in [1.29, 1.82) is 0 Å². The summed E-state index contributed by atoms with van der Waals surface area (Å²) in [7, 11) is 3.66. The topological polar surface area (TPSA) is 26.9 Å². The van der Waals surface area contributed by atoms with Crippen LogP contribution in [0.1, 0.15) is 31.9 Å². The highest BCUT2D eigenvalue weighted by Crippen LogP contribution is 2.29. The minimum Gasteiger partial charge on any atom is -0.295 e. The molecule has 0 radical (unpaired) electrons. The predicted molar refractivity (Wildman–Crippen MR) is 71.6 cm³/mol. The van der Waals surface area contributed by atoms with Crippen molar-refractivity contribution in [3.05, 3.63) is 33.7 Å². The lowest BCUT2D eigenvalue weighted by atomic mass is 9.84. The molecule has 17 heavy (non-hydrogen) atoms. The first-order valence-corrected chi connectivity index (χ1v) is 5.90. The molecule has 92 valence electrons. The van der Waals surface area contributed by atoms with Gasteiger partial charge in [-0.1, -0.05) is 26.8 Å². The van der Waals surface area contributed by atoms with E-state index in [0.717, 1.165) is 11.0 Å². The van der Waals surface area contributed by atoms with Crippen LogP contribution in [0, 0.1) is 6.92 Å². The minimum atomic E-state index is 0.0363. The number of nitrogens with zero attached hydrogens (tertiary/aromatic N) is 2. The van der Waals surface area contributed by atoms with Crippen LogP contribution in [0.25, 0.3) is 11.0 Å². The van der Waals surface area contributed by atoms with Crippen LogP contribution in [0.15, 0.2) is 16.9 Å². The second-order valence-electron chi connectivity index (χ2n) is 5.76. The molecule has 2 rings (SSSR count). The van der Waals surface area contributed by atoms with E-state index in [2.05, 4.69) is 33.8 Å². The van der Waals surface area contributed by atoms with E-state index >= 15 is 0 Å². The van der Waals surface area contributed by atoms with Crippen molar-refractivity contribution < 1.29 is 0 Å². The van der Waals surface area contributed by atoms with Gasteiger partial charge in [0.2, 0.25) is 0 Å². The number of hydrogen-bond donors (Lipinski definition) is 0. The lowest BCUT2D eigenvalue weighted by molar-refractivity contribution is 0.586. The van der Waals surface area contributed by atoms with Crippen molar-refractivity contribution in [3.63, 3.8) is 0 Å². The molecule has 3 heteroatoms. The van der Waals surface area contributed by atoms with Gasteiger partial charge in [0.1, 0.15) is 0 Å². The van der Waals surface area contributed by atoms with Gasteiger partial charge >= 0.3 is 5.69 Å². The van der Waals surface area contributed by atoms with E-state index in [0.29, 0.717) is 0 Å². The number of aromatic nitrogens is 2. The third-order valence-corrected chi connectivity index (χ3v) is 3.49. The first-order chi connectivity index (χ1) is 7.75. The molecule has 0 saturated heterocycles. The van der Waals surface area contributed by atoms with Crippen LogP contribution in [0.5, 0.6) is 0 Å². The van der Waals surface area contributed by atoms with E-state index in [1.165, 1.54) is 11.1 Å². The molecule has 0 aliphatic heterocycles. The monoisotopic (exact) mass is 232 g/mol. The third-order valence-electron chi connectivity index (χ3n) is 3.49. The molecule has 0 aliphatic carbocycles. The van der Waals surface area contributed by atoms with Crippen molar-refractivity contribution in [1.82, 2.24) is 9.13 Å². The molecule has 0 fully saturated rings. The molecular formula is C14H20N2O. The predicted octanol–water partition coefficient (Wildman–Crippen LogP) is 2.48. The van der Waals surface area contributed by atoms with Gasteiger partial charge in [0, 0.05) is 14.1 Å². The molecular weight excluding hydrogens is 212 g/mol. The van der Waals surface area contributed by atoms with Gasteiger partial charge in [-0.05, 0) is 29.5 Å². The zero-order valence-corrected chi connectivity index (χ0v) is 11.5. The highest BCUT2D eigenvalue weighted by Gasteiger charge is 2.20. The van der Waals surface area contributed by atoms with E-state index in [-0.39, 0.29) is 11.1 Å². The molecule has 2 aromatic rings. The summed E-state index contributed by atoms with van der Waals surface area (Å²) in [6.07, 6.45) is 0. The van der Waals surface area contributed by atoms with Gasteiger partial charge in [0.25, 0.3) is 0 Å². The van der Waals surface area contributed by atoms with Crippen LogP contribution < -0.4 is 5.69 Å². The second kappa shape index (κ2) is 3.49. The summed E-state index contributed by atoms with van der Waals surface area (Å²) in [6, 6.07) is 4.18. The average Bonchev–Trinajstić information content (AvgIpc) is 2.43. The van der Waals surface area contributed by atoms with Gasteiger partial charge in [0.05, 0.1) is 11.0 Å². The molecule has 0 spiro atoms. The van der Waals surface area contributed by atoms with E-state index in [4.69, 9.17) is 0 Å². The molecule has 1 aromatic carbocycles. The zero-order chi connectivity index (χ0) is 13.0. The molecule has 0 unspecified atom stereocenters. The quantitative estimate of drug-likeness (QED) is 0.685. The minimum absolute atomic E-state index is 0.0363. The Morgan fingerprint density at radius 2 is 1.65 bits per heavy atom. The molecule has 0 N–H and O–H groups in total. The summed E-state index contributed by atoms with van der Waals surface area (Å²) in [5.41, 5.74) is 4.69. The summed E-state index contributed by atoms with van der Waals surface area (Å²) >= 11 is 0.